The lowest BCUT2D eigenvalue weighted by Crippen LogP contribution is -2.53. The molecular weight excluding hydrogens is 687 g/mol. The number of nitrogens with one attached hydrogen (secondary N) is 2. The van der Waals surface area contributed by atoms with E-state index in [-0.39, 0.29) is 0 Å². The summed E-state index contributed by atoms with van der Waals surface area (Å²) in [6, 6.07) is 15.3. The van der Waals surface area contributed by atoms with Gasteiger partial charge >= 0.3 is 14.4 Å². The molecule has 0 aliphatic carbocycles. The molecule has 0 aliphatic heterocycles. The van der Waals surface area contributed by atoms with Gasteiger partial charge in [0.2, 0.25) is 0 Å². The van der Waals surface area contributed by atoms with Gasteiger partial charge in [0.05, 0.1) is 13.3 Å². The van der Waals surface area contributed by atoms with E-state index in [0.29, 0.717) is 18.6 Å². The van der Waals surface area contributed by atoms with Crippen LogP contribution in [0.4, 0.5) is 0 Å². The van der Waals surface area contributed by atoms with Crippen LogP contribution >= 0.6 is 42.6 Å². The van der Waals surface area contributed by atoms with Crippen molar-refractivity contribution in [1.29, 1.82) is 0 Å². The van der Waals surface area contributed by atoms with Crippen molar-refractivity contribution in [3.63, 3.8) is 0 Å². The van der Waals surface area contributed by atoms with Crippen LogP contribution in [0.5, 0.6) is 11.5 Å². The molecule has 0 spiro atoms. The lowest BCUT2D eigenvalue weighted by Gasteiger charge is -2.43. The van der Waals surface area contributed by atoms with Gasteiger partial charge in [-0.2, -0.15) is 9.67 Å². The van der Waals surface area contributed by atoms with Crippen LogP contribution in [-0.2, 0) is 25.4 Å². The van der Waals surface area contributed by atoms with Crippen LogP contribution < -0.4 is 20.0 Å². The fraction of sp³-hybridized carbons (Fsp3) is 0.536. The van der Waals surface area contributed by atoms with Gasteiger partial charge in [-0.3, -0.25) is 4.57 Å². The van der Waals surface area contributed by atoms with E-state index >= 15 is 0 Å². The molecule has 17 heteroatoms. The summed E-state index contributed by atoms with van der Waals surface area (Å²) in [5, 5.41) is 10.1. The Hall–Kier alpha value is -0.690. The van der Waals surface area contributed by atoms with Gasteiger partial charge in [-0.25, -0.2) is 5.20 Å². The zero-order valence-corrected chi connectivity index (χ0v) is 33.5. The summed E-state index contributed by atoms with van der Waals surface area (Å²) in [5.41, 5.74) is 1.13. The molecule has 2 N–H and O–H groups in total. The van der Waals surface area contributed by atoms with E-state index in [1.54, 1.807) is 18.2 Å². The Morgan fingerprint density at radius 2 is 1.47 bits per heavy atom. The summed E-state index contributed by atoms with van der Waals surface area (Å²) in [6.45, 7) is 7.10. The summed E-state index contributed by atoms with van der Waals surface area (Å²) < 4.78 is 40.2. The zero-order valence-electron chi connectivity index (χ0n) is 27.5. The van der Waals surface area contributed by atoms with Gasteiger partial charge in [0, 0.05) is 27.1 Å². The Bertz CT molecular complexity index is 1280. The van der Waals surface area contributed by atoms with E-state index in [9.17, 15) is 4.57 Å². The first-order valence-corrected chi connectivity index (χ1v) is 20.2. The highest BCUT2D eigenvalue weighted by atomic mass is 32.4. The Labute approximate surface area is 282 Å². The van der Waals surface area contributed by atoms with E-state index in [1.807, 2.05) is 65.1 Å². The maximum absolute atomic E-state index is 13.0. The highest BCUT2D eigenvalue weighted by molar-refractivity contribution is 8.04. The molecule has 2 aromatic carbocycles. The van der Waals surface area contributed by atoms with Crippen molar-refractivity contribution in [2.24, 2.45) is 5.10 Å². The molecule has 0 amide bonds. The topological polar surface area (TPSA) is 100 Å². The molecule has 5 unspecified atom stereocenters. The fourth-order valence-corrected chi connectivity index (χ4v) is 9.55. The lowest BCUT2D eigenvalue weighted by molar-refractivity contribution is -0.106. The van der Waals surface area contributed by atoms with Crippen LogP contribution in [0, 0.1) is 0 Å². The van der Waals surface area contributed by atoms with E-state index < -0.39 is 31.3 Å². The van der Waals surface area contributed by atoms with Gasteiger partial charge in [0.1, 0.15) is 17.3 Å². The Kier molecular flexibility index (Phi) is 16.9. The van der Waals surface area contributed by atoms with E-state index in [0.717, 1.165) is 29.7 Å². The van der Waals surface area contributed by atoms with E-state index in [2.05, 4.69) is 66.4 Å². The second-order valence-electron chi connectivity index (χ2n) is 10.1. The van der Waals surface area contributed by atoms with Crippen LogP contribution in [0.15, 0.2) is 53.6 Å². The third-order valence-corrected chi connectivity index (χ3v) is 15.7. The number of benzene rings is 2. The number of hydrazone groups is 1. The van der Waals surface area contributed by atoms with Crippen LogP contribution in [0.2, 0.25) is 0 Å². The largest absolute Gasteiger partial charge is 0.471 e. The lowest BCUT2D eigenvalue weighted by atomic mass is 10.1. The SMILES string of the molecule is CCC(CC)(Oc1ccc(/C=N/N(C)[P+](=S)C(CC)(CC)Oc2ccc(C(NC)P(=O)(OC)OC)cc2)cc1)N(P)N(P)NP. The van der Waals surface area contributed by atoms with E-state index in [4.69, 9.17) is 35.4 Å². The van der Waals surface area contributed by atoms with Crippen molar-refractivity contribution >= 4 is 60.6 Å². The molecule has 0 bridgehead atoms. The third-order valence-electron chi connectivity index (χ3n) is 7.77. The quantitative estimate of drug-likeness (QED) is 0.0616. The predicted molar refractivity (Wildman–Crippen MR) is 200 cm³/mol. The van der Waals surface area contributed by atoms with Crippen molar-refractivity contribution in [1.82, 2.24) is 25.0 Å². The maximum atomic E-state index is 13.0. The minimum absolute atomic E-state index is 0.557. The Balaban J connectivity index is 2.19. The molecule has 2 rings (SSSR count). The van der Waals surface area contributed by atoms with Crippen LogP contribution in [0.25, 0.3) is 0 Å². The molecule has 252 valence electrons. The molecule has 45 heavy (non-hydrogen) atoms. The first-order valence-electron chi connectivity index (χ1n) is 14.7. The average molecular weight is 738 g/mol. The van der Waals surface area contributed by atoms with E-state index in [1.165, 1.54) is 14.2 Å². The van der Waals surface area contributed by atoms with Gasteiger partial charge in [-0.1, -0.05) is 49.2 Å². The number of rotatable bonds is 20. The number of ether oxygens (including phenoxy) is 2. The van der Waals surface area contributed by atoms with Crippen molar-refractivity contribution in [3.05, 3.63) is 59.7 Å². The molecule has 0 fully saturated rings. The first-order chi connectivity index (χ1) is 21.4. The molecule has 0 saturated heterocycles. The smallest absolute Gasteiger partial charge is 0.358 e. The van der Waals surface area contributed by atoms with Gasteiger partial charge in [0.15, 0.2) is 17.5 Å². The number of hydrogen-bond donors (Lipinski definition) is 2. The Morgan fingerprint density at radius 1 is 0.956 bits per heavy atom. The highest BCUT2D eigenvalue weighted by Crippen LogP contribution is 2.58. The second-order valence-corrected chi connectivity index (χ2v) is 16.6. The monoisotopic (exact) mass is 737 g/mol. The molecule has 5 atom stereocenters. The summed E-state index contributed by atoms with van der Waals surface area (Å²) in [6.07, 6.45) is 4.75. The number of hydrogen-bond acceptors (Lipinski definition) is 11. The van der Waals surface area contributed by atoms with Crippen molar-refractivity contribution < 1.29 is 23.1 Å². The fourth-order valence-electron chi connectivity index (χ4n) is 4.76. The molecule has 2 aromatic rings. The van der Waals surface area contributed by atoms with Gasteiger partial charge in [-0.15, -0.1) is 9.88 Å². The summed E-state index contributed by atoms with van der Waals surface area (Å²) in [5.74, 6) is 0.818. The van der Waals surface area contributed by atoms with Crippen LogP contribution in [0.1, 0.15) is 70.3 Å². The number of nitrogens with zero attached hydrogens (tertiary/aromatic N) is 4. The predicted octanol–water partition coefficient (Wildman–Crippen LogP) is 7.40. The highest BCUT2D eigenvalue weighted by Gasteiger charge is 2.48. The minimum Gasteiger partial charge on any atom is -0.471 e. The molecule has 0 heterocycles. The molecular formula is C28H50N6O5P5S+. The van der Waals surface area contributed by atoms with Gasteiger partial charge < -0.3 is 23.8 Å². The van der Waals surface area contributed by atoms with Gasteiger partial charge in [-0.05, 0) is 86.2 Å². The third kappa shape index (κ3) is 9.92. The van der Waals surface area contributed by atoms with Crippen molar-refractivity contribution in [2.75, 3.05) is 28.3 Å². The standard InChI is InChI=1S/C28H50N6O5P5S/c1-9-27(10-2,33(41)34(42)31-40)38-24-17-13-22(14-18-24)21-30-32(6)43(45)28(11-3,12-4)39-25-19-15-23(16-20-25)26(29-5)44(35,36-7)37-8/h13-21,26,29,31H,9-12,40-42H2,1-8H3/q+1/b30-21+. The average Bonchev–Trinajstić information content (AvgIpc) is 3.08. The molecule has 0 aliphatic rings. The Morgan fingerprint density at radius 3 is 1.91 bits per heavy atom. The molecule has 11 nitrogen and oxygen atoms in total. The van der Waals surface area contributed by atoms with Crippen LogP contribution in [0.3, 0.4) is 0 Å². The summed E-state index contributed by atoms with van der Waals surface area (Å²) >= 11 is 6.07. The minimum atomic E-state index is -3.37. The van der Waals surface area contributed by atoms with Gasteiger partial charge in [0.25, 0.3) is 5.34 Å². The second kappa shape index (κ2) is 18.7. The molecule has 0 radical (unpaired) electrons. The first kappa shape index (κ1) is 40.5. The van der Waals surface area contributed by atoms with Crippen molar-refractivity contribution in [2.45, 2.75) is 70.2 Å². The zero-order chi connectivity index (χ0) is 33.8. The molecule has 0 aromatic heterocycles. The molecule has 0 saturated carbocycles. The summed E-state index contributed by atoms with van der Waals surface area (Å²) in [7, 11) is 10.8. The maximum Gasteiger partial charge on any atom is 0.358 e. The number of hydrazine groups is 2. The van der Waals surface area contributed by atoms with Crippen LogP contribution in [-0.4, -0.2) is 60.0 Å². The van der Waals surface area contributed by atoms with Crippen molar-refractivity contribution in [3.8, 4) is 11.5 Å². The summed E-state index contributed by atoms with van der Waals surface area (Å²) in [4.78, 5) is 1.76. The normalized spacial score (nSPS) is 13.8.